The normalized spacial score (nSPS) is 12.6. The van der Waals surface area contributed by atoms with Crippen LogP contribution in [0.25, 0.3) is 22.3 Å². The van der Waals surface area contributed by atoms with Crippen LogP contribution in [-0.4, -0.2) is 20.6 Å². The van der Waals surface area contributed by atoms with Gasteiger partial charge in [0.25, 0.3) is 0 Å². The van der Waals surface area contributed by atoms with Crippen LogP contribution in [0.4, 0.5) is 0 Å². The molecule has 0 bridgehead atoms. The van der Waals surface area contributed by atoms with Crippen molar-refractivity contribution >= 4 is 16.9 Å². The minimum Gasteiger partial charge on any atom is -0.478 e. The van der Waals surface area contributed by atoms with E-state index in [0.29, 0.717) is 17.7 Å². The highest BCUT2D eigenvalue weighted by molar-refractivity contribution is 6.04. The number of fused-ring (bicyclic) bond motifs is 5. The van der Waals surface area contributed by atoms with Gasteiger partial charge >= 0.3 is 5.97 Å². The highest BCUT2D eigenvalue weighted by Crippen LogP contribution is 2.37. The topological polar surface area (TPSA) is 64.3 Å². The third-order valence-corrected chi connectivity index (χ3v) is 3.54. The molecule has 0 saturated carbocycles. The molecule has 0 saturated heterocycles. The zero-order valence-electron chi connectivity index (χ0n) is 10.4. The van der Waals surface area contributed by atoms with E-state index in [2.05, 4.69) is 4.98 Å². The summed E-state index contributed by atoms with van der Waals surface area (Å²) < 4.78 is 7.61. The Bertz CT molecular complexity index is 851. The summed E-state index contributed by atoms with van der Waals surface area (Å²) in [6.45, 7) is 0.362. The Kier molecular flexibility index (Phi) is 2.12. The smallest absolute Gasteiger partial charge is 0.336 e. The van der Waals surface area contributed by atoms with Crippen molar-refractivity contribution in [3.63, 3.8) is 0 Å². The second-order valence-electron chi connectivity index (χ2n) is 4.62. The molecule has 1 aliphatic heterocycles. The number of rotatable bonds is 1. The fraction of sp³-hybridized carbons (Fsp3) is 0.0667. The number of ether oxygens (including phenoxy) is 1. The van der Waals surface area contributed by atoms with Crippen molar-refractivity contribution < 1.29 is 14.6 Å². The molecular formula is C15H10N2O3. The number of pyridine rings is 1. The highest BCUT2D eigenvalue weighted by atomic mass is 16.5. The van der Waals surface area contributed by atoms with E-state index < -0.39 is 5.97 Å². The predicted octanol–water partition coefficient (Wildman–Crippen LogP) is 2.75. The van der Waals surface area contributed by atoms with Crippen molar-refractivity contribution in [2.45, 2.75) is 6.73 Å². The van der Waals surface area contributed by atoms with Gasteiger partial charge in [0.05, 0.1) is 16.8 Å². The average molecular weight is 266 g/mol. The van der Waals surface area contributed by atoms with E-state index in [4.69, 9.17) is 4.74 Å². The maximum atomic E-state index is 11.3. The number of hydrogen-bond acceptors (Lipinski definition) is 3. The number of benzene rings is 1. The molecule has 0 radical (unpaired) electrons. The van der Waals surface area contributed by atoms with E-state index in [1.54, 1.807) is 18.3 Å². The van der Waals surface area contributed by atoms with Crippen LogP contribution in [0.1, 0.15) is 10.4 Å². The zero-order valence-corrected chi connectivity index (χ0v) is 10.4. The Labute approximate surface area is 114 Å². The third-order valence-electron chi connectivity index (χ3n) is 3.54. The maximum Gasteiger partial charge on any atom is 0.336 e. The van der Waals surface area contributed by atoms with E-state index in [1.165, 1.54) is 0 Å². The summed E-state index contributed by atoms with van der Waals surface area (Å²) >= 11 is 0. The lowest BCUT2D eigenvalue weighted by molar-refractivity contribution is 0.0699. The molecule has 1 N–H and O–H groups in total. The monoisotopic (exact) mass is 266 g/mol. The molecule has 0 unspecified atom stereocenters. The Balaban J connectivity index is 2.08. The molecule has 5 heteroatoms. The molecule has 2 aromatic heterocycles. The number of nitrogens with zero attached hydrogens (tertiary/aromatic N) is 2. The molecule has 0 spiro atoms. The first-order chi connectivity index (χ1) is 9.75. The van der Waals surface area contributed by atoms with Crippen molar-refractivity contribution in [3.8, 4) is 17.1 Å². The van der Waals surface area contributed by atoms with Gasteiger partial charge in [0, 0.05) is 11.6 Å². The molecule has 3 aromatic rings. The van der Waals surface area contributed by atoms with Gasteiger partial charge in [-0.1, -0.05) is 6.07 Å². The number of aromatic carboxylic acids is 1. The second-order valence-corrected chi connectivity index (χ2v) is 4.62. The summed E-state index contributed by atoms with van der Waals surface area (Å²) in [5.74, 6) is -0.208. The summed E-state index contributed by atoms with van der Waals surface area (Å²) in [5, 5.41) is 9.99. The third kappa shape index (κ3) is 1.37. The van der Waals surface area contributed by atoms with Gasteiger partial charge in [-0.2, -0.15) is 0 Å². The Hall–Kier alpha value is -2.82. The molecule has 1 aliphatic rings. The van der Waals surface area contributed by atoms with Crippen LogP contribution in [0.2, 0.25) is 0 Å². The van der Waals surface area contributed by atoms with Crippen LogP contribution in [0, 0.1) is 0 Å². The van der Waals surface area contributed by atoms with Gasteiger partial charge in [0.1, 0.15) is 11.4 Å². The first-order valence-electron chi connectivity index (χ1n) is 6.19. The van der Waals surface area contributed by atoms with E-state index >= 15 is 0 Å². The van der Waals surface area contributed by atoms with Crippen molar-refractivity contribution in [3.05, 3.63) is 48.2 Å². The summed E-state index contributed by atoms with van der Waals surface area (Å²) in [4.78, 5) is 15.7. The minimum absolute atomic E-state index is 0.293. The van der Waals surface area contributed by atoms with Gasteiger partial charge in [0.15, 0.2) is 6.73 Å². The van der Waals surface area contributed by atoms with Crippen molar-refractivity contribution in [2.75, 3.05) is 0 Å². The SMILES string of the molecule is O=C(O)c1cccc2c1cc1n2COc2cccnc2-1. The molecular weight excluding hydrogens is 256 g/mol. The number of carbonyl (C=O) groups is 1. The van der Waals surface area contributed by atoms with Crippen LogP contribution in [0.15, 0.2) is 42.6 Å². The van der Waals surface area contributed by atoms with Crippen LogP contribution in [0.5, 0.6) is 5.75 Å². The summed E-state index contributed by atoms with van der Waals surface area (Å²) in [6, 6.07) is 10.8. The lowest BCUT2D eigenvalue weighted by Gasteiger charge is -2.19. The van der Waals surface area contributed by atoms with E-state index in [-0.39, 0.29) is 0 Å². The Morgan fingerprint density at radius 3 is 3.05 bits per heavy atom. The van der Waals surface area contributed by atoms with Crippen LogP contribution in [0.3, 0.4) is 0 Å². The van der Waals surface area contributed by atoms with Crippen LogP contribution < -0.4 is 4.74 Å². The molecule has 0 atom stereocenters. The lowest BCUT2D eigenvalue weighted by atomic mass is 10.1. The van der Waals surface area contributed by atoms with Crippen LogP contribution >= 0.6 is 0 Å². The van der Waals surface area contributed by atoms with Crippen molar-refractivity contribution in [2.24, 2.45) is 0 Å². The van der Waals surface area contributed by atoms with Gasteiger partial charge in [-0.3, -0.25) is 4.98 Å². The number of hydrogen-bond donors (Lipinski definition) is 1. The lowest BCUT2D eigenvalue weighted by Crippen LogP contribution is -2.12. The number of aromatic nitrogens is 2. The Morgan fingerprint density at radius 1 is 1.30 bits per heavy atom. The van der Waals surface area contributed by atoms with Crippen molar-refractivity contribution in [1.82, 2.24) is 9.55 Å². The first-order valence-corrected chi connectivity index (χ1v) is 6.19. The number of carboxylic acids is 1. The maximum absolute atomic E-state index is 11.3. The van der Waals surface area contributed by atoms with E-state index in [1.807, 2.05) is 28.8 Å². The van der Waals surface area contributed by atoms with Gasteiger partial charge in [-0.05, 0) is 30.3 Å². The standard InChI is InChI=1S/C15H10N2O3/c18-15(19)9-3-1-4-11-10(9)7-12-14-13(5-2-6-16-14)20-8-17(11)12/h1-7H,8H2,(H,18,19). The van der Waals surface area contributed by atoms with Gasteiger partial charge in [-0.15, -0.1) is 0 Å². The molecule has 5 nitrogen and oxygen atoms in total. The van der Waals surface area contributed by atoms with Gasteiger partial charge in [-0.25, -0.2) is 4.79 Å². The molecule has 1 aromatic carbocycles. The molecule has 0 fully saturated rings. The molecule has 20 heavy (non-hydrogen) atoms. The van der Waals surface area contributed by atoms with Gasteiger partial charge < -0.3 is 14.4 Å². The molecule has 0 amide bonds. The summed E-state index contributed by atoms with van der Waals surface area (Å²) in [5.41, 5.74) is 2.76. The Morgan fingerprint density at radius 2 is 2.20 bits per heavy atom. The summed E-state index contributed by atoms with van der Waals surface area (Å²) in [7, 11) is 0. The summed E-state index contributed by atoms with van der Waals surface area (Å²) in [6.07, 6.45) is 1.70. The first kappa shape index (κ1) is 11.0. The zero-order chi connectivity index (χ0) is 13.7. The van der Waals surface area contributed by atoms with Gasteiger partial charge in [0.2, 0.25) is 0 Å². The second kappa shape index (κ2) is 3.84. The number of carboxylic acid groups (broad SMARTS) is 1. The fourth-order valence-electron chi connectivity index (χ4n) is 2.64. The van der Waals surface area contributed by atoms with E-state index in [9.17, 15) is 9.90 Å². The molecule has 3 heterocycles. The molecule has 98 valence electrons. The largest absolute Gasteiger partial charge is 0.478 e. The highest BCUT2D eigenvalue weighted by Gasteiger charge is 2.22. The fourth-order valence-corrected chi connectivity index (χ4v) is 2.64. The molecule has 0 aliphatic carbocycles. The average Bonchev–Trinajstić information content (AvgIpc) is 2.86. The van der Waals surface area contributed by atoms with Crippen LogP contribution in [-0.2, 0) is 6.73 Å². The minimum atomic E-state index is -0.930. The quantitative estimate of drug-likeness (QED) is 0.735. The van der Waals surface area contributed by atoms with Crippen molar-refractivity contribution in [1.29, 1.82) is 0 Å². The van der Waals surface area contributed by atoms with E-state index in [0.717, 1.165) is 22.7 Å². The predicted molar refractivity (Wildman–Crippen MR) is 72.8 cm³/mol. The molecule has 4 rings (SSSR count).